The molecule has 16 heavy (non-hydrogen) atoms. The highest BCUT2D eigenvalue weighted by Crippen LogP contribution is 2.21. The van der Waals surface area contributed by atoms with Crippen molar-refractivity contribution >= 4 is 5.69 Å². The second kappa shape index (κ2) is 5.75. The zero-order valence-electron chi connectivity index (χ0n) is 9.52. The molecule has 0 aromatic heterocycles. The summed E-state index contributed by atoms with van der Waals surface area (Å²) in [6.45, 7) is 1.64. The van der Waals surface area contributed by atoms with E-state index < -0.39 is 0 Å². The van der Waals surface area contributed by atoms with Crippen LogP contribution >= 0.6 is 0 Å². The predicted molar refractivity (Wildman–Crippen MR) is 64.6 cm³/mol. The zero-order chi connectivity index (χ0) is 11.2. The summed E-state index contributed by atoms with van der Waals surface area (Å²) in [4.78, 5) is 0. The standard InChI is InChI=1S/C13H19NO2/c14-12-7-1-2-8-13(12)16-10-4-6-11-5-3-9-15-11/h1-2,7-8,11H,3-6,9-10,14H2. The van der Waals surface area contributed by atoms with Crippen molar-refractivity contribution in [1.29, 1.82) is 0 Å². The van der Waals surface area contributed by atoms with Crippen molar-refractivity contribution in [2.75, 3.05) is 18.9 Å². The van der Waals surface area contributed by atoms with Gasteiger partial charge in [-0.05, 0) is 37.8 Å². The predicted octanol–water partition coefficient (Wildman–Crippen LogP) is 2.61. The summed E-state index contributed by atoms with van der Waals surface area (Å²) < 4.78 is 11.2. The number of nitrogen functional groups attached to an aromatic ring is 1. The van der Waals surface area contributed by atoms with Gasteiger partial charge in [0.1, 0.15) is 5.75 Å². The van der Waals surface area contributed by atoms with E-state index in [0.29, 0.717) is 18.4 Å². The molecule has 1 aromatic carbocycles. The van der Waals surface area contributed by atoms with E-state index in [1.54, 1.807) is 0 Å². The molecule has 3 nitrogen and oxygen atoms in total. The Balaban J connectivity index is 1.66. The highest BCUT2D eigenvalue weighted by molar-refractivity contribution is 5.51. The van der Waals surface area contributed by atoms with Gasteiger partial charge in [0, 0.05) is 6.61 Å². The molecule has 0 saturated carbocycles. The van der Waals surface area contributed by atoms with Crippen molar-refractivity contribution < 1.29 is 9.47 Å². The summed E-state index contributed by atoms with van der Waals surface area (Å²) in [6, 6.07) is 7.61. The van der Waals surface area contributed by atoms with E-state index in [4.69, 9.17) is 15.2 Å². The van der Waals surface area contributed by atoms with Crippen molar-refractivity contribution in [3.05, 3.63) is 24.3 Å². The van der Waals surface area contributed by atoms with Gasteiger partial charge in [-0.1, -0.05) is 12.1 Å². The zero-order valence-corrected chi connectivity index (χ0v) is 9.52. The first-order valence-electron chi connectivity index (χ1n) is 5.95. The minimum atomic E-state index is 0.455. The van der Waals surface area contributed by atoms with E-state index in [1.165, 1.54) is 12.8 Å². The molecule has 0 bridgehead atoms. The average molecular weight is 221 g/mol. The van der Waals surface area contributed by atoms with Gasteiger partial charge in [0.2, 0.25) is 0 Å². The third-order valence-corrected chi connectivity index (χ3v) is 2.87. The van der Waals surface area contributed by atoms with Crippen molar-refractivity contribution in [3.8, 4) is 5.75 Å². The molecule has 1 saturated heterocycles. The molecule has 0 radical (unpaired) electrons. The Hall–Kier alpha value is -1.22. The lowest BCUT2D eigenvalue weighted by Gasteiger charge is -2.11. The van der Waals surface area contributed by atoms with Gasteiger partial charge in [0.05, 0.1) is 18.4 Å². The maximum absolute atomic E-state index is 5.78. The minimum absolute atomic E-state index is 0.455. The van der Waals surface area contributed by atoms with Crippen LogP contribution in [0, 0.1) is 0 Å². The van der Waals surface area contributed by atoms with Crippen LogP contribution in [0.25, 0.3) is 0 Å². The number of para-hydroxylation sites is 2. The average Bonchev–Trinajstić information content (AvgIpc) is 2.79. The highest BCUT2D eigenvalue weighted by Gasteiger charge is 2.14. The smallest absolute Gasteiger partial charge is 0.142 e. The van der Waals surface area contributed by atoms with Gasteiger partial charge in [-0.2, -0.15) is 0 Å². The molecule has 0 amide bonds. The molecule has 1 aromatic rings. The monoisotopic (exact) mass is 221 g/mol. The topological polar surface area (TPSA) is 44.5 Å². The lowest BCUT2D eigenvalue weighted by molar-refractivity contribution is 0.0982. The summed E-state index contributed by atoms with van der Waals surface area (Å²) in [7, 11) is 0. The lowest BCUT2D eigenvalue weighted by Crippen LogP contribution is -2.08. The minimum Gasteiger partial charge on any atom is -0.491 e. The SMILES string of the molecule is Nc1ccccc1OCCCC1CCCO1. The number of anilines is 1. The van der Waals surface area contributed by atoms with Gasteiger partial charge in [-0.15, -0.1) is 0 Å². The molecule has 1 heterocycles. The molecule has 1 fully saturated rings. The van der Waals surface area contributed by atoms with Gasteiger partial charge >= 0.3 is 0 Å². The molecule has 0 spiro atoms. The summed E-state index contributed by atoms with van der Waals surface area (Å²) in [5, 5.41) is 0. The fraction of sp³-hybridized carbons (Fsp3) is 0.538. The van der Waals surface area contributed by atoms with Gasteiger partial charge in [0.25, 0.3) is 0 Å². The van der Waals surface area contributed by atoms with Crippen molar-refractivity contribution in [1.82, 2.24) is 0 Å². The molecular formula is C13H19NO2. The summed E-state index contributed by atoms with van der Waals surface area (Å²) >= 11 is 0. The van der Waals surface area contributed by atoms with Gasteiger partial charge in [0.15, 0.2) is 0 Å². The maximum atomic E-state index is 5.78. The number of nitrogens with two attached hydrogens (primary N) is 1. The molecule has 1 aliphatic heterocycles. The van der Waals surface area contributed by atoms with E-state index in [-0.39, 0.29) is 0 Å². The van der Waals surface area contributed by atoms with Crippen molar-refractivity contribution in [2.24, 2.45) is 0 Å². The lowest BCUT2D eigenvalue weighted by atomic mass is 10.1. The van der Waals surface area contributed by atoms with Crippen LogP contribution in [0.15, 0.2) is 24.3 Å². The van der Waals surface area contributed by atoms with E-state index in [0.717, 1.165) is 25.2 Å². The van der Waals surface area contributed by atoms with E-state index >= 15 is 0 Å². The molecule has 1 atom stereocenters. The summed E-state index contributed by atoms with van der Waals surface area (Å²) in [5.41, 5.74) is 6.48. The first-order valence-corrected chi connectivity index (χ1v) is 5.95. The second-order valence-electron chi connectivity index (χ2n) is 4.16. The fourth-order valence-electron chi connectivity index (χ4n) is 1.98. The van der Waals surface area contributed by atoms with Crippen LogP contribution in [-0.2, 0) is 4.74 Å². The van der Waals surface area contributed by atoms with E-state index in [9.17, 15) is 0 Å². The Kier molecular flexibility index (Phi) is 4.05. The van der Waals surface area contributed by atoms with Crippen LogP contribution in [0.2, 0.25) is 0 Å². The van der Waals surface area contributed by atoms with Crippen LogP contribution in [0.3, 0.4) is 0 Å². The molecular weight excluding hydrogens is 202 g/mol. The number of rotatable bonds is 5. The number of hydrogen-bond acceptors (Lipinski definition) is 3. The molecule has 1 aliphatic rings. The van der Waals surface area contributed by atoms with Gasteiger partial charge < -0.3 is 15.2 Å². The van der Waals surface area contributed by atoms with Crippen LogP contribution in [0.1, 0.15) is 25.7 Å². The van der Waals surface area contributed by atoms with Crippen LogP contribution in [0.4, 0.5) is 5.69 Å². The molecule has 2 rings (SSSR count). The largest absolute Gasteiger partial charge is 0.491 e. The summed E-state index contributed by atoms with van der Waals surface area (Å²) in [6.07, 6.45) is 4.98. The number of hydrogen-bond donors (Lipinski definition) is 1. The quantitative estimate of drug-likeness (QED) is 0.614. The Bertz CT molecular complexity index is 321. The first-order chi connectivity index (χ1) is 7.86. The molecule has 0 aliphatic carbocycles. The van der Waals surface area contributed by atoms with Crippen molar-refractivity contribution in [2.45, 2.75) is 31.8 Å². The number of ether oxygens (including phenoxy) is 2. The summed E-state index contributed by atoms with van der Waals surface area (Å²) in [5.74, 6) is 0.787. The Morgan fingerprint density at radius 2 is 2.25 bits per heavy atom. The highest BCUT2D eigenvalue weighted by atomic mass is 16.5. The van der Waals surface area contributed by atoms with Crippen LogP contribution in [0.5, 0.6) is 5.75 Å². The molecule has 2 N–H and O–H groups in total. The van der Waals surface area contributed by atoms with Gasteiger partial charge in [-0.25, -0.2) is 0 Å². The first kappa shape index (κ1) is 11.3. The Morgan fingerprint density at radius 3 is 3.00 bits per heavy atom. The molecule has 1 unspecified atom stereocenters. The maximum Gasteiger partial charge on any atom is 0.142 e. The Morgan fingerprint density at radius 1 is 1.38 bits per heavy atom. The van der Waals surface area contributed by atoms with Crippen molar-refractivity contribution in [3.63, 3.8) is 0 Å². The second-order valence-corrected chi connectivity index (χ2v) is 4.16. The normalized spacial score (nSPS) is 19.9. The molecule has 88 valence electrons. The third-order valence-electron chi connectivity index (χ3n) is 2.87. The third kappa shape index (κ3) is 3.14. The Labute approximate surface area is 96.5 Å². The van der Waals surface area contributed by atoms with Gasteiger partial charge in [-0.3, -0.25) is 0 Å². The van der Waals surface area contributed by atoms with E-state index in [2.05, 4.69) is 0 Å². The molecule has 3 heteroatoms. The van der Waals surface area contributed by atoms with E-state index in [1.807, 2.05) is 24.3 Å². The fourth-order valence-corrected chi connectivity index (χ4v) is 1.98. The van der Waals surface area contributed by atoms with Crippen LogP contribution < -0.4 is 10.5 Å². The van der Waals surface area contributed by atoms with Crippen LogP contribution in [-0.4, -0.2) is 19.3 Å². The number of benzene rings is 1.